The van der Waals surface area contributed by atoms with Gasteiger partial charge >= 0.3 is 42.0 Å². The Hall–Kier alpha value is -1.37. The van der Waals surface area contributed by atoms with E-state index < -0.39 is 55.0 Å². The summed E-state index contributed by atoms with van der Waals surface area (Å²) in [5, 5.41) is 0. The smallest absolute Gasteiger partial charge is 0.384 e. The van der Waals surface area contributed by atoms with Gasteiger partial charge in [-0.3, -0.25) is 4.79 Å². The molecule has 0 spiro atoms. The molecule has 0 radical (unpaired) electrons. The number of ether oxygens (including phenoxy) is 1. The normalized spacial score (nSPS) is 14.7. The molecule has 0 saturated heterocycles. The molecular formula is C12H12F12O2. The summed E-state index contributed by atoms with van der Waals surface area (Å²) >= 11 is 0. The van der Waals surface area contributed by atoms with Gasteiger partial charge in [0.2, 0.25) is 0 Å². The van der Waals surface area contributed by atoms with Gasteiger partial charge in [-0.15, -0.1) is 0 Å². The van der Waals surface area contributed by atoms with Crippen LogP contribution in [0.5, 0.6) is 0 Å². The Bertz CT molecular complexity index is 489. The lowest BCUT2D eigenvalue weighted by Crippen LogP contribution is -2.69. The maximum Gasteiger partial charge on any atom is 0.384 e. The molecule has 0 aromatic rings. The van der Waals surface area contributed by atoms with Gasteiger partial charge < -0.3 is 4.74 Å². The second kappa shape index (κ2) is 7.71. The Labute approximate surface area is 138 Å². The lowest BCUT2D eigenvalue weighted by molar-refractivity contribution is -0.414. The van der Waals surface area contributed by atoms with Gasteiger partial charge in [-0.05, 0) is 6.42 Å². The van der Waals surface area contributed by atoms with Crippen LogP contribution in [-0.4, -0.2) is 48.6 Å². The topological polar surface area (TPSA) is 26.3 Å². The summed E-state index contributed by atoms with van der Waals surface area (Å²) in [6.07, 6.45) is -5.82. The molecule has 0 saturated carbocycles. The van der Waals surface area contributed by atoms with Crippen LogP contribution < -0.4 is 0 Å². The highest BCUT2D eigenvalue weighted by Crippen LogP contribution is 2.58. The number of carbonyl (C=O) groups is 1. The molecule has 0 atom stereocenters. The monoisotopic (exact) mass is 416 g/mol. The highest BCUT2D eigenvalue weighted by Gasteiger charge is 2.87. The summed E-state index contributed by atoms with van der Waals surface area (Å²) in [6, 6.07) is 0. The minimum Gasteiger partial charge on any atom is -0.459 e. The van der Waals surface area contributed by atoms with Crippen LogP contribution in [0.4, 0.5) is 52.7 Å². The molecule has 0 aliphatic rings. The Balaban J connectivity index is 5.63. The molecule has 0 bridgehead atoms. The third-order valence-corrected chi connectivity index (χ3v) is 3.09. The molecule has 0 amide bonds. The van der Waals surface area contributed by atoms with E-state index in [0.29, 0.717) is 6.42 Å². The summed E-state index contributed by atoms with van der Waals surface area (Å²) in [6.45, 7) is -1.34. The van der Waals surface area contributed by atoms with Crippen LogP contribution in [0.3, 0.4) is 0 Å². The average Bonchev–Trinajstić information content (AvgIpc) is 2.49. The summed E-state index contributed by atoms with van der Waals surface area (Å²) in [5.41, 5.74) is 0. The van der Waals surface area contributed by atoms with Crippen LogP contribution in [0, 0.1) is 0 Å². The Morgan fingerprint density at radius 3 is 1.69 bits per heavy atom. The van der Waals surface area contributed by atoms with Gasteiger partial charge in [0, 0.05) is 6.42 Å². The highest BCUT2D eigenvalue weighted by atomic mass is 19.4. The maximum atomic E-state index is 13.2. The quantitative estimate of drug-likeness (QED) is 0.363. The zero-order valence-electron chi connectivity index (χ0n) is 12.8. The van der Waals surface area contributed by atoms with Crippen molar-refractivity contribution in [2.75, 3.05) is 6.61 Å². The molecule has 0 aromatic heterocycles. The van der Waals surface area contributed by atoms with Crippen molar-refractivity contribution in [2.24, 2.45) is 0 Å². The molecule has 156 valence electrons. The van der Waals surface area contributed by atoms with Gasteiger partial charge in [0.05, 0.1) is 0 Å². The number of halogens is 12. The highest BCUT2D eigenvalue weighted by molar-refractivity contribution is 5.69. The van der Waals surface area contributed by atoms with E-state index in [1.807, 2.05) is 0 Å². The third-order valence-electron chi connectivity index (χ3n) is 3.09. The molecule has 0 aromatic carbocycles. The number of hydrogen-bond acceptors (Lipinski definition) is 2. The number of hydrogen-bond donors (Lipinski definition) is 0. The zero-order valence-corrected chi connectivity index (χ0v) is 12.8. The average molecular weight is 416 g/mol. The number of alkyl halides is 12. The molecule has 0 unspecified atom stereocenters. The predicted molar refractivity (Wildman–Crippen MR) is 61.2 cm³/mol. The van der Waals surface area contributed by atoms with Gasteiger partial charge in [0.15, 0.2) is 6.61 Å². The minimum atomic E-state index is -7.61. The largest absolute Gasteiger partial charge is 0.459 e. The molecule has 0 aliphatic carbocycles. The fraction of sp³-hybridized carbons (Fsp3) is 0.917. The number of rotatable bonds is 10. The molecular weight excluding hydrogens is 404 g/mol. The fourth-order valence-corrected chi connectivity index (χ4v) is 1.43. The first-order valence-electron chi connectivity index (χ1n) is 6.73. The SMILES string of the molecule is CCCCC(=O)OCC(F)(F)C(F)(F)C(F)(F)C(F)(F)C(F)(F)C(F)F. The third kappa shape index (κ3) is 4.13. The van der Waals surface area contributed by atoms with E-state index >= 15 is 0 Å². The molecule has 0 rings (SSSR count). The van der Waals surface area contributed by atoms with E-state index in [2.05, 4.69) is 4.74 Å². The number of esters is 1. The first-order valence-corrected chi connectivity index (χ1v) is 6.73. The second-order valence-electron chi connectivity index (χ2n) is 5.12. The minimum absolute atomic E-state index is 0.0235. The van der Waals surface area contributed by atoms with E-state index in [1.54, 1.807) is 0 Å². The lowest BCUT2D eigenvalue weighted by Gasteiger charge is -2.38. The summed E-state index contributed by atoms with van der Waals surface area (Å²) in [7, 11) is 0. The van der Waals surface area contributed by atoms with Crippen molar-refractivity contribution in [3.8, 4) is 0 Å². The van der Waals surface area contributed by atoms with E-state index in [1.165, 1.54) is 6.92 Å². The van der Waals surface area contributed by atoms with Gasteiger partial charge in [0.25, 0.3) is 0 Å². The van der Waals surface area contributed by atoms with Gasteiger partial charge in [0.1, 0.15) is 0 Å². The zero-order chi connectivity index (χ0) is 21.2. The standard InChI is InChI=1S/C12H12F12O2/c1-2-3-4-6(25)26-5-8(15,16)10(19,20)12(23,24)11(21,22)9(17,18)7(13)14/h7H,2-5H2,1H3. The van der Waals surface area contributed by atoms with Crippen molar-refractivity contribution >= 4 is 5.97 Å². The predicted octanol–water partition coefficient (Wildman–Crippen LogP) is 5.16. The molecule has 0 fully saturated rings. The molecule has 14 heteroatoms. The molecule has 2 nitrogen and oxygen atoms in total. The summed E-state index contributed by atoms with van der Waals surface area (Å²) in [4.78, 5) is 10.9. The Morgan fingerprint density at radius 1 is 0.846 bits per heavy atom. The molecule has 26 heavy (non-hydrogen) atoms. The van der Waals surface area contributed by atoms with Crippen LogP contribution in [0.15, 0.2) is 0 Å². The molecule has 0 N–H and O–H groups in total. The summed E-state index contributed by atoms with van der Waals surface area (Å²) in [5.74, 6) is -37.3. The van der Waals surface area contributed by atoms with Crippen molar-refractivity contribution in [2.45, 2.75) is 62.2 Å². The first kappa shape index (κ1) is 24.6. The van der Waals surface area contributed by atoms with Crippen molar-refractivity contribution in [1.29, 1.82) is 0 Å². The van der Waals surface area contributed by atoms with Gasteiger partial charge in [-0.2, -0.15) is 43.9 Å². The molecule has 0 heterocycles. The van der Waals surface area contributed by atoms with Crippen LogP contribution in [0.1, 0.15) is 26.2 Å². The van der Waals surface area contributed by atoms with Crippen LogP contribution >= 0.6 is 0 Å². The van der Waals surface area contributed by atoms with E-state index in [9.17, 15) is 57.5 Å². The van der Waals surface area contributed by atoms with E-state index in [-0.39, 0.29) is 6.42 Å². The summed E-state index contributed by atoms with van der Waals surface area (Å²) < 4.78 is 157. The van der Waals surface area contributed by atoms with E-state index in [4.69, 9.17) is 0 Å². The van der Waals surface area contributed by atoms with Crippen molar-refractivity contribution in [1.82, 2.24) is 0 Å². The fourth-order valence-electron chi connectivity index (χ4n) is 1.43. The van der Waals surface area contributed by atoms with Crippen LogP contribution in [0.2, 0.25) is 0 Å². The van der Waals surface area contributed by atoms with Crippen molar-refractivity contribution in [3.63, 3.8) is 0 Å². The maximum absolute atomic E-state index is 13.2. The van der Waals surface area contributed by atoms with Crippen LogP contribution in [-0.2, 0) is 9.53 Å². The number of unbranched alkanes of at least 4 members (excludes halogenated alkanes) is 1. The first-order chi connectivity index (χ1) is 11.4. The van der Waals surface area contributed by atoms with Crippen LogP contribution in [0.25, 0.3) is 0 Å². The lowest BCUT2D eigenvalue weighted by atomic mass is 9.94. The van der Waals surface area contributed by atoms with Crippen molar-refractivity contribution < 1.29 is 62.2 Å². The Morgan fingerprint density at radius 2 is 1.31 bits per heavy atom. The Kier molecular flexibility index (Phi) is 7.30. The number of carbonyl (C=O) groups excluding carboxylic acids is 1. The molecule has 0 aliphatic heterocycles. The van der Waals surface area contributed by atoms with Crippen molar-refractivity contribution in [3.05, 3.63) is 0 Å². The van der Waals surface area contributed by atoms with E-state index in [0.717, 1.165) is 0 Å². The second-order valence-corrected chi connectivity index (χ2v) is 5.12. The van der Waals surface area contributed by atoms with Gasteiger partial charge in [-0.25, -0.2) is 8.78 Å². The van der Waals surface area contributed by atoms with Gasteiger partial charge in [-0.1, -0.05) is 13.3 Å².